The van der Waals surface area contributed by atoms with Crippen molar-refractivity contribution in [3.05, 3.63) is 41.3 Å². The van der Waals surface area contributed by atoms with E-state index in [1.54, 1.807) is 7.11 Å². The van der Waals surface area contributed by atoms with Gasteiger partial charge in [-0.2, -0.15) is 0 Å². The average molecular weight is 328 g/mol. The molecule has 1 aliphatic carbocycles. The van der Waals surface area contributed by atoms with Crippen molar-refractivity contribution in [2.75, 3.05) is 12.4 Å². The van der Waals surface area contributed by atoms with Crippen LogP contribution in [0.4, 0.5) is 5.13 Å². The van der Waals surface area contributed by atoms with Gasteiger partial charge in [0.1, 0.15) is 5.75 Å². The fourth-order valence-electron chi connectivity index (χ4n) is 2.72. The fraction of sp³-hybridized carbons (Fsp3) is 0.333. The fourth-order valence-corrected chi connectivity index (χ4v) is 3.43. The molecule has 0 aliphatic heterocycles. The molecule has 0 radical (unpaired) electrons. The minimum Gasteiger partial charge on any atom is -0.496 e. The Morgan fingerprint density at radius 2 is 2.26 bits per heavy atom. The second-order valence-electron chi connectivity index (χ2n) is 5.71. The van der Waals surface area contributed by atoms with E-state index in [0.29, 0.717) is 5.13 Å². The number of allylic oxidation sites excluding steroid dienone is 2. The van der Waals surface area contributed by atoms with Gasteiger partial charge in [0.2, 0.25) is 5.91 Å². The quantitative estimate of drug-likeness (QED) is 0.845. The molecule has 3 rings (SSSR count). The zero-order valence-corrected chi connectivity index (χ0v) is 14.2. The van der Waals surface area contributed by atoms with E-state index < -0.39 is 0 Å². The van der Waals surface area contributed by atoms with Crippen molar-refractivity contribution in [2.24, 2.45) is 5.92 Å². The lowest BCUT2D eigenvalue weighted by Gasteiger charge is -2.15. The number of carbonyl (C=O) groups excluding carboxylic acids is 1. The number of carbonyl (C=O) groups is 1. The van der Waals surface area contributed by atoms with E-state index in [1.807, 2.05) is 30.5 Å². The van der Waals surface area contributed by atoms with Gasteiger partial charge in [0.05, 0.1) is 12.8 Å². The summed E-state index contributed by atoms with van der Waals surface area (Å²) in [5.74, 6) is 0.906. The van der Waals surface area contributed by atoms with Crippen molar-refractivity contribution >= 4 is 22.4 Å². The second kappa shape index (κ2) is 6.96. The number of nitrogens with zero attached hydrogens (tertiary/aromatic N) is 1. The van der Waals surface area contributed by atoms with Gasteiger partial charge in [-0.25, -0.2) is 4.98 Å². The summed E-state index contributed by atoms with van der Waals surface area (Å²) in [5.41, 5.74) is 2.92. The number of amides is 1. The Hall–Kier alpha value is -2.14. The molecule has 1 N–H and O–H groups in total. The third kappa shape index (κ3) is 3.62. The Balaban J connectivity index is 1.77. The third-order valence-corrected chi connectivity index (χ3v) is 4.76. The topological polar surface area (TPSA) is 51.2 Å². The minimum absolute atomic E-state index is 0.0563. The van der Waals surface area contributed by atoms with Gasteiger partial charge in [-0.3, -0.25) is 4.79 Å². The van der Waals surface area contributed by atoms with Crippen LogP contribution in [0, 0.1) is 12.8 Å². The van der Waals surface area contributed by atoms with Crippen LogP contribution in [0.3, 0.4) is 0 Å². The summed E-state index contributed by atoms with van der Waals surface area (Å²) in [7, 11) is 1.65. The molecule has 4 nitrogen and oxygen atoms in total. The predicted molar refractivity (Wildman–Crippen MR) is 93.9 cm³/mol. The van der Waals surface area contributed by atoms with Gasteiger partial charge in [0.25, 0.3) is 0 Å². The zero-order chi connectivity index (χ0) is 16.2. The largest absolute Gasteiger partial charge is 0.496 e. The molecule has 1 atom stereocenters. The van der Waals surface area contributed by atoms with Crippen molar-refractivity contribution in [3.8, 4) is 17.0 Å². The smallest absolute Gasteiger partial charge is 0.229 e. The lowest BCUT2D eigenvalue weighted by molar-refractivity contribution is -0.120. The van der Waals surface area contributed by atoms with E-state index in [-0.39, 0.29) is 11.8 Å². The molecule has 1 aromatic heterocycles. The molecule has 1 heterocycles. The van der Waals surface area contributed by atoms with Crippen LogP contribution in [-0.4, -0.2) is 18.0 Å². The third-order valence-electron chi connectivity index (χ3n) is 4.01. The number of nitrogens with one attached hydrogen (secondary N) is 1. The molecule has 120 valence electrons. The van der Waals surface area contributed by atoms with Gasteiger partial charge in [0.15, 0.2) is 5.13 Å². The van der Waals surface area contributed by atoms with Crippen LogP contribution in [0.1, 0.15) is 24.8 Å². The number of hydrogen-bond donors (Lipinski definition) is 1. The monoisotopic (exact) mass is 328 g/mol. The number of ether oxygens (including phenoxy) is 1. The molecular weight excluding hydrogens is 308 g/mol. The van der Waals surface area contributed by atoms with Crippen molar-refractivity contribution in [1.82, 2.24) is 4.98 Å². The number of aromatic nitrogens is 1. The van der Waals surface area contributed by atoms with E-state index in [1.165, 1.54) is 11.3 Å². The molecule has 0 bridgehead atoms. The molecule has 2 aromatic rings. The molecule has 1 aromatic carbocycles. The van der Waals surface area contributed by atoms with E-state index >= 15 is 0 Å². The van der Waals surface area contributed by atoms with Crippen LogP contribution in [0.15, 0.2) is 35.7 Å². The number of benzene rings is 1. The van der Waals surface area contributed by atoms with E-state index in [2.05, 4.69) is 22.5 Å². The zero-order valence-electron chi connectivity index (χ0n) is 13.3. The Morgan fingerprint density at radius 3 is 3.00 bits per heavy atom. The SMILES string of the molecule is COc1ccc(C)cc1-c1csc(NC(=O)C2CC=CCC2)n1. The first-order valence-corrected chi connectivity index (χ1v) is 8.61. The van der Waals surface area contributed by atoms with Crippen LogP contribution in [0.2, 0.25) is 0 Å². The van der Waals surface area contributed by atoms with E-state index in [9.17, 15) is 4.79 Å². The van der Waals surface area contributed by atoms with Crippen LogP contribution in [0.25, 0.3) is 11.3 Å². The van der Waals surface area contributed by atoms with E-state index in [0.717, 1.165) is 41.8 Å². The lowest BCUT2D eigenvalue weighted by Crippen LogP contribution is -2.23. The highest BCUT2D eigenvalue weighted by Crippen LogP contribution is 2.33. The molecule has 0 fully saturated rings. The highest BCUT2D eigenvalue weighted by atomic mass is 32.1. The summed E-state index contributed by atoms with van der Waals surface area (Å²) in [4.78, 5) is 16.8. The first kappa shape index (κ1) is 15.7. The molecular formula is C18H20N2O2S. The molecule has 1 aliphatic rings. The molecule has 0 spiro atoms. The van der Waals surface area contributed by atoms with Crippen molar-refractivity contribution in [1.29, 1.82) is 0 Å². The number of thiazole rings is 1. The summed E-state index contributed by atoms with van der Waals surface area (Å²) in [5, 5.41) is 5.54. The van der Waals surface area contributed by atoms with E-state index in [4.69, 9.17) is 4.74 Å². The van der Waals surface area contributed by atoms with Crippen LogP contribution < -0.4 is 10.1 Å². The molecule has 0 saturated carbocycles. The normalized spacial score (nSPS) is 17.0. The summed E-state index contributed by atoms with van der Waals surface area (Å²) < 4.78 is 5.41. The highest BCUT2D eigenvalue weighted by molar-refractivity contribution is 7.14. The number of methoxy groups -OCH3 is 1. The van der Waals surface area contributed by atoms with Crippen molar-refractivity contribution < 1.29 is 9.53 Å². The lowest BCUT2D eigenvalue weighted by atomic mass is 9.94. The predicted octanol–water partition coefficient (Wildman–Crippen LogP) is 4.42. The van der Waals surface area contributed by atoms with Crippen molar-refractivity contribution in [3.63, 3.8) is 0 Å². The van der Waals surface area contributed by atoms with Gasteiger partial charge < -0.3 is 10.1 Å². The van der Waals surface area contributed by atoms with Gasteiger partial charge in [-0.05, 0) is 38.3 Å². The molecule has 5 heteroatoms. The Morgan fingerprint density at radius 1 is 1.39 bits per heavy atom. The second-order valence-corrected chi connectivity index (χ2v) is 6.57. The summed E-state index contributed by atoms with van der Waals surface area (Å²) >= 11 is 1.45. The number of hydrogen-bond acceptors (Lipinski definition) is 4. The maximum absolute atomic E-state index is 12.3. The van der Waals surface area contributed by atoms with Gasteiger partial charge >= 0.3 is 0 Å². The number of rotatable bonds is 4. The highest BCUT2D eigenvalue weighted by Gasteiger charge is 2.20. The van der Waals surface area contributed by atoms with Crippen LogP contribution >= 0.6 is 11.3 Å². The first-order valence-electron chi connectivity index (χ1n) is 7.74. The summed E-state index contributed by atoms with van der Waals surface area (Å²) in [6.45, 7) is 2.04. The van der Waals surface area contributed by atoms with Gasteiger partial charge in [-0.15, -0.1) is 11.3 Å². The van der Waals surface area contributed by atoms with Crippen molar-refractivity contribution in [2.45, 2.75) is 26.2 Å². The first-order chi connectivity index (χ1) is 11.2. The van der Waals surface area contributed by atoms with Crippen LogP contribution in [0.5, 0.6) is 5.75 Å². The Labute approximate surface area is 140 Å². The molecule has 23 heavy (non-hydrogen) atoms. The minimum atomic E-state index is 0.0563. The number of aryl methyl sites for hydroxylation is 1. The van der Waals surface area contributed by atoms with Crippen LogP contribution in [-0.2, 0) is 4.79 Å². The maximum atomic E-state index is 12.3. The molecule has 1 unspecified atom stereocenters. The standard InChI is InChI=1S/C18H20N2O2S/c1-12-8-9-16(22-2)14(10-12)15-11-23-18(19-15)20-17(21)13-6-4-3-5-7-13/h3-4,8-11,13H,5-7H2,1-2H3,(H,19,20,21). The van der Waals surface area contributed by atoms with Gasteiger partial charge in [-0.1, -0.05) is 23.8 Å². The van der Waals surface area contributed by atoms with Gasteiger partial charge in [0, 0.05) is 16.9 Å². The average Bonchev–Trinajstić information content (AvgIpc) is 3.04. The summed E-state index contributed by atoms with van der Waals surface area (Å²) in [6, 6.07) is 6.00. The molecule has 0 saturated heterocycles. The Bertz CT molecular complexity index is 736. The summed E-state index contributed by atoms with van der Waals surface area (Å²) in [6.07, 6.45) is 6.91. The maximum Gasteiger partial charge on any atom is 0.229 e. The molecule has 1 amide bonds. The Kier molecular flexibility index (Phi) is 4.76. The number of anilines is 1.